The van der Waals surface area contributed by atoms with Gasteiger partial charge in [-0.05, 0) is 58.0 Å². The molecule has 1 unspecified atom stereocenters. The molecule has 0 bridgehead atoms. The van der Waals surface area contributed by atoms with Crippen LogP contribution in [0, 0.1) is 6.92 Å². The zero-order valence-corrected chi connectivity index (χ0v) is 12.5. The number of benzene rings is 1. The van der Waals surface area contributed by atoms with Gasteiger partial charge in [0.15, 0.2) is 0 Å². The quantitative estimate of drug-likeness (QED) is 0.803. The van der Waals surface area contributed by atoms with E-state index < -0.39 is 0 Å². The standard InChI is InChI=1S/C15H25N3O/c1-6-18(10(2)3)12(5)15(19)17-14-8-7-13(16)9-11(14)4/h7-10,12H,6,16H2,1-5H3,(H,17,19). The van der Waals surface area contributed by atoms with Gasteiger partial charge in [-0.15, -0.1) is 0 Å². The van der Waals surface area contributed by atoms with Crippen molar-refractivity contribution < 1.29 is 4.79 Å². The lowest BCUT2D eigenvalue weighted by atomic mass is 10.1. The first kappa shape index (κ1) is 15.5. The molecule has 0 aliphatic rings. The number of aryl methyl sites for hydroxylation is 1. The Balaban J connectivity index is 2.78. The fourth-order valence-electron chi connectivity index (χ4n) is 2.30. The molecule has 4 heteroatoms. The second kappa shape index (κ2) is 6.57. The number of likely N-dealkylation sites (N-methyl/N-ethyl adjacent to an activating group) is 1. The van der Waals surface area contributed by atoms with Gasteiger partial charge in [0.25, 0.3) is 0 Å². The Kier molecular flexibility index (Phi) is 5.36. The Morgan fingerprint density at radius 1 is 1.37 bits per heavy atom. The summed E-state index contributed by atoms with van der Waals surface area (Å²) < 4.78 is 0. The van der Waals surface area contributed by atoms with E-state index in [0.717, 1.165) is 17.8 Å². The summed E-state index contributed by atoms with van der Waals surface area (Å²) in [6.07, 6.45) is 0. The van der Waals surface area contributed by atoms with Crippen LogP contribution in [0.15, 0.2) is 18.2 Å². The molecule has 0 saturated carbocycles. The molecule has 0 spiro atoms. The SMILES string of the molecule is CCN(C(C)C)C(C)C(=O)Nc1ccc(N)cc1C. The molecule has 1 aromatic carbocycles. The Morgan fingerprint density at radius 2 is 2.00 bits per heavy atom. The minimum absolute atomic E-state index is 0.0171. The average molecular weight is 263 g/mol. The fourth-order valence-corrected chi connectivity index (χ4v) is 2.30. The molecule has 0 radical (unpaired) electrons. The van der Waals surface area contributed by atoms with Gasteiger partial charge in [0.05, 0.1) is 6.04 Å². The second-order valence-corrected chi connectivity index (χ2v) is 5.16. The molecule has 4 nitrogen and oxygen atoms in total. The van der Waals surface area contributed by atoms with E-state index >= 15 is 0 Å². The number of hydrogen-bond acceptors (Lipinski definition) is 3. The average Bonchev–Trinajstić information content (AvgIpc) is 2.32. The maximum absolute atomic E-state index is 12.3. The highest BCUT2D eigenvalue weighted by Crippen LogP contribution is 2.18. The highest BCUT2D eigenvalue weighted by Gasteiger charge is 2.22. The molecule has 0 saturated heterocycles. The Bertz CT molecular complexity index is 443. The van der Waals surface area contributed by atoms with Crippen LogP contribution in [0.3, 0.4) is 0 Å². The summed E-state index contributed by atoms with van der Waals surface area (Å²) in [5.74, 6) is 0.0171. The Hall–Kier alpha value is -1.55. The molecule has 0 heterocycles. The van der Waals surface area contributed by atoms with Crippen molar-refractivity contribution in [2.24, 2.45) is 0 Å². The molecule has 0 aliphatic carbocycles. The van der Waals surface area contributed by atoms with E-state index in [0.29, 0.717) is 11.7 Å². The van der Waals surface area contributed by atoms with E-state index in [4.69, 9.17) is 5.73 Å². The predicted octanol–water partition coefficient (Wildman–Crippen LogP) is 2.63. The second-order valence-electron chi connectivity index (χ2n) is 5.16. The van der Waals surface area contributed by atoms with Gasteiger partial charge in [-0.25, -0.2) is 0 Å². The van der Waals surface area contributed by atoms with Gasteiger partial charge >= 0.3 is 0 Å². The minimum Gasteiger partial charge on any atom is -0.399 e. The van der Waals surface area contributed by atoms with Crippen molar-refractivity contribution in [3.05, 3.63) is 23.8 Å². The van der Waals surface area contributed by atoms with Crippen molar-refractivity contribution >= 4 is 17.3 Å². The number of nitrogens with zero attached hydrogens (tertiary/aromatic N) is 1. The third kappa shape index (κ3) is 3.96. The summed E-state index contributed by atoms with van der Waals surface area (Å²) in [5, 5.41) is 2.97. The van der Waals surface area contributed by atoms with Crippen LogP contribution in [0.2, 0.25) is 0 Å². The highest BCUT2D eigenvalue weighted by molar-refractivity contribution is 5.95. The number of amides is 1. The summed E-state index contributed by atoms with van der Waals surface area (Å²) in [4.78, 5) is 14.4. The van der Waals surface area contributed by atoms with E-state index in [1.807, 2.05) is 26.0 Å². The van der Waals surface area contributed by atoms with Crippen molar-refractivity contribution in [2.45, 2.75) is 46.7 Å². The zero-order valence-electron chi connectivity index (χ0n) is 12.5. The van der Waals surface area contributed by atoms with Gasteiger partial charge in [0.2, 0.25) is 5.91 Å². The number of hydrogen-bond donors (Lipinski definition) is 2. The molecule has 1 amide bonds. The van der Waals surface area contributed by atoms with Gasteiger partial charge in [0, 0.05) is 17.4 Å². The summed E-state index contributed by atoms with van der Waals surface area (Å²) in [7, 11) is 0. The molecular formula is C15H25N3O. The van der Waals surface area contributed by atoms with E-state index in [2.05, 4.69) is 31.0 Å². The molecule has 0 aliphatic heterocycles. The lowest BCUT2D eigenvalue weighted by Crippen LogP contribution is -2.45. The Labute approximate surface area is 116 Å². The third-order valence-electron chi connectivity index (χ3n) is 3.41. The number of carbonyl (C=O) groups is 1. The van der Waals surface area contributed by atoms with Crippen LogP contribution >= 0.6 is 0 Å². The summed E-state index contributed by atoms with van der Waals surface area (Å²) >= 11 is 0. The molecule has 1 rings (SSSR count). The van der Waals surface area contributed by atoms with Crippen LogP contribution in [0.25, 0.3) is 0 Å². The number of nitrogen functional groups attached to an aromatic ring is 1. The smallest absolute Gasteiger partial charge is 0.241 e. The largest absolute Gasteiger partial charge is 0.399 e. The van der Waals surface area contributed by atoms with Crippen molar-refractivity contribution in [2.75, 3.05) is 17.6 Å². The molecule has 1 atom stereocenters. The van der Waals surface area contributed by atoms with Crippen LogP contribution in [0.1, 0.15) is 33.3 Å². The van der Waals surface area contributed by atoms with E-state index in [-0.39, 0.29) is 11.9 Å². The molecule has 0 fully saturated rings. The molecule has 0 aromatic heterocycles. The maximum Gasteiger partial charge on any atom is 0.241 e. The van der Waals surface area contributed by atoms with E-state index in [9.17, 15) is 4.79 Å². The lowest BCUT2D eigenvalue weighted by Gasteiger charge is -2.30. The van der Waals surface area contributed by atoms with Crippen LogP contribution in [0.4, 0.5) is 11.4 Å². The topological polar surface area (TPSA) is 58.4 Å². The first-order chi connectivity index (χ1) is 8.86. The summed E-state index contributed by atoms with van der Waals surface area (Å²) in [6, 6.07) is 5.70. The number of carbonyl (C=O) groups excluding carboxylic acids is 1. The monoisotopic (exact) mass is 263 g/mol. The Morgan fingerprint density at radius 3 is 2.47 bits per heavy atom. The van der Waals surface area contributed by atoms with Crippen molar-refractivity contribution in [1.29, 1.82) is 0 Å². The molecule has 19 heavy (non-hydrogen) atoms. The van der Waals surface area contributed by atoms with Gasteiger partial charge in [-0.3, -0.25) is 9.69 Å². The van der Waals surface area contributed by atoms with Gasteiger partial charge in [-0.2, -0.15) is 0 Å². The first-order valence-corrected chi connectivity index (χ1v) is 6.79. The van der Waals surface area contributed by atoms with Gasteiger partial charge < -0.3 is 11.1 Å². The zero-order chi connectivity index (χ0) is 14.6. The van der Waals surface area contributed by atoms with Crippen LogP contribution in [-0.2, 0) is 4.79 Å². The van der Waals surface area contributed by atoms with Gasteiger partial charge in [-0.1, -0.05) is 6.92 Å². The number of anilines is 2. The van der Waals surface area contributed by atoms with Crippen molar-refractivity contribution in [3.63, 3.8) is 0 Å². The molecule has 1 aromatic rings. The molecular weight excluding hydrogens is 238 g/mol. The van der Waals surface area contributed by atoms with E-state index in [1.54, 1.807) is 6.07 Å². The van der Waals surface area contributed by atoms with E-state index in [1.165, 1.54) is 0 Å². The number of nitrogens with two attached hydrogens (primary N) is 1. The first-order valence-electron chi connectivity index (χ1n) is 6.79. The predicted molar refractivity (Wildman–Crippen MR) is 81.2 cm³/mol. The van der Waals surface area contributed by atoms with Gasteiger partial charge in [0.1, 0.15) is 0 Å². The maximum atomic E-state index is 12.3. The van der Waals surface area contributed by atoms with Crippen molar-refractivity contribution in [3.8, 4) is 0 Å². The van der Waals surface area contributed by atoms with Crippen LogP contribution < -0.4 is 11.1 Å². The molecule has 106 valence electrons. The minimum atomic E-state index is -0.151. The highest BCUT2D eigenvalue weighted by atomic mass is 16.2. The lowest BCUT2D eigenvalue weighted by molar-refractivity contribution is -0.121. The number of nitrogens with one attached hydrogen (secondary N) is 1. The fraction of sp³-hybridized carbons (Fsp3) is 0.533. The summed E-state index contributed by atoms with van der Waals surface area (Å²) in [6.45, 7) is 11.0. The third-order valence-corrected chi connectivity index (χ3v) is 3.41. The van der Waals surface area contributed by atoms with Crippen LogP contribution in [-0.4, -0.2) is 29.4 Å². The molecule has 3 N–H and O–H groups in total. The number of rotatable bonds is 5. The summed E-state index contributed by atoms with van der Waals surface area (Å²) in [5.41, 5.74) is 8.22. The van der Waals surface area contributed by atoms with Crippen LogP contribution in [0.5, 0.6) is 0 Å². The normalized spacial score (nSPS) is 12.8. The van der Waals surface area contributed by atoms with Crippen molar-refractivity contribution in [1.82, 2.24) is 4.90 Å².